The summed E-state index contributed by atoms with van der Waals surface area (Å²) in [5, 5.41) is 2.96. The molecule has 0 saturated heterocycles. The molecule has 3 heteroatoms. The predicted octanol–water partition coefficient (Wildman–Crippen LogP) is 4.09. The first-order chi connectivity index (χ1) is 10.6. The van der Waals surface area contributed by atoms with Crippen LogP contribution in [-0.4, -0.2) is 0 Å². The fraction of sp³-hybridized carbons (Fsp3) is 0.368. The van der Waals surface area contributed by atoms with E-state index in [4.69, 9.17) is 0 Å². The molecule has 0 N–H and O–H groups in total. The van der Waals surface area contributed by atoms with E-state index in [1.165, 1.54) is 11.6 Å². The van der Waals surface area contributed by atoms with E-state index in [2.05, 4.69) is 6.07 Å². The average Bonchev–Trinajstić information content (AvgIpc) is 2.52. The number of rotatable bonds is 0. The van der Waals surface area contributed by atoms with Crippen LogP contribution in [0.4, 0.5) is 13.2 Å². The summed E-state index contributed by atoms with van der Waals surface area (Å²) in [4.78, 5) is 0. The quantitative estimate of drug-likeness (QED) is 0.687. The average molecular weight is 302 g/mol. The molecule has 0 nitrogen and oxygen atoms in total. The molecule has 0 aliphatic heterocycles. The summed E-state index contributed by atoms with van der Waals surface area (Å²) in [7, 11) is 0. The number of aryl methyl sites for hydroxylation is 2. The van der Waals surface area contributed by atoms with Crippen molar-refractivity contribution in [1.29, 1.82) is 0 Å². The van der Waals surface area contributed by atoms with Crippen LogP contribution in [0, 0.1) is 0 Å². The van der Waals surface area contributed by atoms with Crippen LogP contribution in [0.15, 0.2) is 18.2 Å². The van der Waals surface area contributed by atoms with Gasteiger partial charge in [0.15, 0.2) is 0 Å². The van der Waals surface area contributed by atoms with Gasteiger partial charge in [0.1, 0.15) is 0 Å². The second-order valence-electron chi connectivity index (χ2n) is 6.24. The largest absolute Gasteiger partial charge is 0.417 e. The third-order valence-electron chi connectivity index (χ3n) is 4.91. The van der Waals surface area contributed by atoms with E-state index in [1.807, 2.05) is 12.1 Å². The molecule has 0 bridgehead atoms. The fourth-order valence-electron chi connectivity index (χ4n) is 3.90. The maximum atomic E-state index is 13.5. The lowest BCUT2D eigenvalue weighted by Gasteiger charge is -2.20. The van der Waals surface area contributed by atoms with E-state index >= 15 is 0 Å². The van der Waals surface area contributed by atoms with Crippen LogP contribution in [0.2, 0.25) is 0 Å². The van der Waals surface area contributed by atoms with Gasteiger partial charge in [-0.2, -0.15) is 13.2 Å². The Hall–Kier alpha value is -1.77. The Labute approximate surface area is 127 Å². The first kappa shape index (κ1) is 13.9. The number of halogens is 3. The van der Waals surface area contributed by atoms with Gasteiger partial charge < -0.3 is 0 Å². The molecule has 0 heterocycles. The van der Waals surface area contributed by atoms with Gasteiger partial charge in [-0.1, -0.05) is 24.3 Å². The Balaban J connectivity index is 2.18. The van der Waals surface area contributed by atoms with Crippen molar-refractivity contribution in [3.05, 3.63) is 45.3 Å². The van der Waals surface area contributed by atoms with Crippen molar-refractivity contribution in [3.63, 3.8) is 0 Å². The fourth-order valence-corrected chi connectivity index (χ4v) is 3.90. The van der Waals surface area contributed by atoms with E-state index in [0.717, 1.165) is 53.7 Å². The number of alkyl halides is 3. The zero-order chi connectivity index (χ0) is 15.3. The number of hydrogen-bond acceptors (Lipinski definition) is 0. The SMILES string of the molecule is FC(F)(F)c1cc2c3c(ccc2c2c1=CCCC=2)CCCC3. The summed E-state index contributed by atoms with van der Waals surface area (Å²) in [5.41, 5.74) is 1.90. The molecule has 0 saturated carbocycles. The third-order valence-corrected chi connectivity index (χ3v) is 4.91. The second kappa shape index (κ2) is 4.87. The standard InChI is InChI=1S/C19H17F3/c20-19(21,22)18-11-17-13-6-2-1-5-12(13)9-10-15(17)14-7-3-4-8-16(14)18/h7-11H,1-6H2. The van der Waals surface area contributed by atoms with Crippen LogP contribution in [0.3, 0.4) is 0 Å². The van der Waals surface area contributed by atoms with Crippen molar-refractivity contribution in [2.75, 3.05) is 0 Å². The highest BCUT2D eigenvalue weighted by atomic mass is 19.4. The van der Waals surface area contributed by atoms with E-state index in [0.29, 0.717) is 11.6 Å². The Morgan fingerprint density at radius 3 is 2.32 bits per heavy atom. The molecule has 0 unspecified atom stereocenters. The van der Waals surface area contributed by atoms with Crippen LogP contribution in [0.25, 0.3) is 22.9 Å². The van der Waals surface area contributed by atoms with Crippen molar-refractivity contribution in [3.8, 4) is 0 Å². The van der Waals surface area contributed by atoms with Crippen molar-refractivity contribution in [2.45, 2.75) is 44.7 Å². The molecule has 2 aliphatic rings. The summed E-state index contributed by atoms with van der Waals surface area (Å²) < 4.78 is 40.5. The summed E-state index contributed by atoms with van der Waals surface area (Å²) in [6, 6.07) is 5.54. The van der Waals surface area contributed by atoms with Crippen molar-refractivity contribution in [1.82, 2.24) is 0 Å². The molecule has 2 aliphatic carbocycles. The lowest BCUT2D eigenvalue weighted by molar-refractivity contribution is -0.138. The lowest BCUT2D eigenvalue weighted by Crippen LogP contribution is -2.35. The molecule has 2 aromatic carbocycles. The van der Waals surface area contributed by atoms with Gasteiger partial charge in [-0.15, -0.1) is 0 Å². The van der Waals surface area contributed by atoms with Crippen LogP contribution in [-0.2, 0) is 19.0 Å². The van der Waals surface area contributed by atoms with Crippen molar-refractivity contribution >= 4 is 22.9 Å². The zero-order valence-electron chi connectivity index (χ0n) is 12.3. The molecule has 22 heavy (non-hydrogen) atoms. The summed E-state index contributed by atoms with van der Waals surface area (Å²) in [6.45, 7) is 0. The highest BCUT2D eigenvalue weighted by molar-refractivity contribution is 5.89. The smallest absolute Gasteiger partial charge is 0.166 e. The van der Waals surface area contributed by atoms with Gasteiger partial charge in [0, 0.05) is 0 Å². The first-order valence-corrected chi connectivity index (χ1v) is 7.91. The van der Waals surface area contributed by atoms with Gasteiger partial charge >= 0.3 is 6.18 Å². The predicted molar refractivity (Wildman–Crippen MR) is 83.0 cm³/mol. The Morgan fingerprint density at radius 2 is 1.55 bits per heavy atom. The highest BCUT2D eigenvalue weighted by Gasteiger charge is 2.33. The minimum atomic E-state index is -4.29. The van der Waals surface area contributed by atoms with Gasteiger partial charge in [-0.3, -0.25) is 0 Å². The zero-order valence-corrected chi connectivity index (χ0v) is 12.3. The molecule has 2 aromatic rings. The molecule has 0 atom stereocenters. The second-order valence-corrected chi connectivity index (χ2v) is 6.24. The maximum Gasteiger partial charge on any atom is 0.417 e. The monoisotopic (exact) mass is 302 g/mol. The Kier molecular flexibility index (Phi) is 3.07. The normalized spacial score (nSPS) is 17.4. The Morgan fingerprint density at radius 1 is 0.818 bits per heavy atom. The van der Waals surface area contributed by atoms with Crippen molar-refractivity contribution in [2.24, 2.45) is 0 Å². The van der Waals surface area contributed by atoms with Gasteiger partial charge in [0.25, 0.3) is 0 Å². The summed E-state index contributed by atoms with van der Waals surface area (Å²) >= 11 is 0. The molecule has 0 fully saturated rings. The van der Waals surface area contributed by atoms with E-state index in [1.54, 1.807) is 6.08 Å². The third kappa shape index (κ3) is 2.06. The van der Waals surface area contributed by atoms with Crippen LogP contribution < -0.4 is 10.4 Å². The van der Waals surface area contributed by atoms with E-state index in [9.17, 15) is 13.2 Å². The van der Waals surface area contributed by atoms with Gasteiger partial charge in [0.05, 0.1) is 5.56 Å². The molecule has 0 amide bonds. The minimum Gasteiger partial charge on any atom is -0.166 e. The lowest BCUT2D eigenvalue weighted by atomic mass is 9.85. The maximum absolute atomic E-state index is 13.5. The van der Waals surface area contributed by atoms with Crippen LogP contribution in [0.5, 0.6) is 0 Å². The summed E-state index contributed by atoms with van der Waals surface area (Å²) in [6.07, 6.45) is 5.02. The first-order valence-electron chi connectivity index (χ1n) is 7.91. The molecule has 0 spiro atoms. The minimum absolute atomic E-state index is 0.377. The van der Waals surface area contributed by atoms with Crippen molar-refractivity contribution < 1.29 is 13.2 Å². The molecular formula is C19H17F3. The van der Waals surface area contributed by atoms with Gasteiger partial charge in [-0.25, -0.2) is 0 Å². The molecule has 114 valence electrons. The number of benzene rings is 2. The van der Waals surface area contributed by atoms with Gasteiger partial charge in [0.2, 0.25) is 0 Å². The topological polar surface area (TPSA) is 0 Å². The molecule has 0 radical (unpaired) electrons. The molecular weight excluding hydrogens is 285 g/mol. The Bertz CT molecular complexity index is 872. The van der Waals surface area contributed by atoms with Crippen LogP contribution in [0.1, 0.15) is 42.4 Å². The van der Waals surface area contributed by atoms with Gasteiger partial charge in [-0.05, 0) is 76.9 Å². The summed E-state index contributed by atoms with van der Waals surface area (Å²) in [5.74, 6) is 0. The van der Waals surface area contributed by atoms with Crippen LogP contribution >= 0.6 is 0 Å². The number of fused-ring (bicyclic) bond motifs is 5. The highest BCUT2D eigenvalue weighted by Crippen LogP contribution is 2.32. The molecule has 4 rings (SSSR count). The number of hydrogen-bond donors (Lipinski definition) is 0. The van der Waals surface area contributed by atoms with E-state index in [-0.39, 0.29) is 0 Å². The van der Waals surface area contributed by atoms with E-state index < -0.39 is 11.7 Å². The molecule has 0 aromatic heterocycles.